The fourth-order valence-corrected chi connectivity index (χ4v) is 1.03. The standard InChI is InChI=1S/C8H9BrN2O3/c1-2-13-8(12)11-10-5-6-3-4-7(9)14-6/h3-5H,2H2,1H3,(H,11,12)/b10-5+. The zero-order chi connectivity index (χ0) is 10.4. The summed E-state index contributed by atoms with van der Waals surface area (Å²) < 4.78 is 10.3. The molecule has 0 unspecified atom stereocenters. The van der Waals surface area contributed by atoms with Crippen molar-refractivity contribution in [2.24, 2.45) is 5.10 Å². The zero-order valence-electron chi connectivity index (χ0n) is 7.49. The van der Waals surface area contributed by atoms with Crippen LogP contribution in [0.15, 0.2) is 26.3 Å². The molecule has 5 nitrogen and oxygen atoms in total. The van der Waals surface area contributed by atoms with Crippen molar-refractivity contribution < 1.29 is 13.9 Å². The summed E-state index contributed by atoms with van der Waals surface area (Å²) in [5.74, 6) is 0.536. The maximum atomic E-state index is 10.8. The van der Waals surface area contributed by atoms with Crippen LogP contribution < -0.4 is 5.43 Å². The monoisotopic (exact) mass is 260 g/mol. The van der Waals surface area contributed by atoms with Gasteiger partial charge in [0.2, 0.25) is 0 Å². The van der Waals surface area contributed by atoms with Gasteiger partial charge in [-0.2, -0.15) is 5.10 Å². The number of carbonyl (C=O) groups excluding carboxylic acids is 1. The first kappa shape index (κ1) is 10.8. The molecule has 0 saturated heterocycles. The van der Waals surface area contributed by atoms with E-state index in [-0.39, 0.29) is 0 Å². The minimum absolute atomic E-state index is 0.313. The molecule has 14 heavy (non-hydrogen) atoms. The van der Waals surface area contributed by atoms with Crippen molar-refractivity contribution >= 4 is 28.2 Å². The molecular formula is C8H9BrN2O3. The highest BCUT2D eigenvalue weighted by Gasteiger charge is 1.97. The van der Waals surface area contributed by atoms with Crippen LogP contribution >= 0.6 is 15.9 Å². The average Bonchev–Trinajstić information content (AvgIpc) is 2.52. The molecule has 0 aliphatic carbocycles. The van der Waals surface area contributed by atoms with Crippen molar-refractivity contribution in [3.63, 3.8) is 0 Å². The third-order valence-electron chi connectivity index (χ3n) is 1.22. The van der Waals surface area contributed by atoms with Crippen LogP contribution in [0.1, 0.15) is 12.7 Å². The number of rotatable bonds is 3. The lowest BCUT2D eigenvalue weighted by Crippen LogP contribution is -2.18. The predicted molar refractivity (Wildman–Crippen MR) is 54.2 cm³/mol. The Balaban J connectivity index is 2.37. The van der Waals surface area contributed by atoms with Gasteiger partial charge in [-0.3, -0.25) is 0 Å². The molecule has 0 aliphatic heterocycles. The van der Waals surface area contributed by atoms with Crippen LogP contribution in [-0.4, -0.2) is 18.9 Å². The molecule has 0 fully saturated rings. The second-order valence-electron chi connectivity index (χ2n) is 2.23. The third kappa shape index (κ3) is 3.61. The lowest BCUT2D eigenvalue weighted by molar-refractivity contribution is 0.152. The summed E-state index contributed by atoms with van der Waals surface area (Å²) >= 11 is 3.14. The summed E-state index contributed by atoms with van der Waals surface area (Å²) in [7, 11) is 0. The van der Waals surface area contributed by atoms with Crippen LogP contribution in [0.3, 0.4) is 0 Å². The molecule has 0 bridgehead atoms. The Kier molecular flexibility index (Phi) is 4.18. The molecule has 0 saturated carbocycles. The second kappa shape index (κ2) is 5.43. The van der Waals surface area contributed by atoms with Crippen molar-refractivity contribution in [1.29, 1.82) is 0 Å². The molecule has 6 heteroatoms. The van der Waals surface area contributed by atoms with Crippen molar-refractivity contribution in [3.8, 4) is 0 Å². The third-order valence-corrected chi connectivity index (χ3v) is 1.64. The number of furan rings is 1. The number of hydrazone groups is 1. The van der Waals surface area contributed by atoms with Crippen molar-refractivity contribution in [2.75, 3.05) is 6.61 Å². The van der Waals surface area contributed by atoms with E-state index in [2.05, 4.69) is 31.2 Å². The average molecular weight is 261 g/mol. The van der Waals surface area contributed by atoms with Gasteiger partial charge >= 0.3 is 6.09 Å². The van der Waals surface area contributed by atoms with E-state index in [9.17, 15) is 4.79 Å². The van der Waals surface area contributed by atoms with Crippen molar-refractivity contribution in [1.82, 2.24) is 5.43 Å². The quantitative estimate of drug-likeness (QED) is 0.669. The van der Waals surface area contributed by atoms with Gasteiger partial charge in [-0.25, -0.2) is 10.2 Å². The van der Waals surface area contributed by atoms with Crippen LogP contribution in [0.25, 0.3) is 0 Å². The van der Waals surface area contributed by atoms with Gasteiger partial charge < -0.3 is 9.15 Å². The van der Waals surface area contributed by atoms with Gasteiger partial charge in [0.1, 0.15) is 5.76 Å². The first-order valence-electron chi connectivity index (χ1n) is 3.93. The number of carbonyl (C=O) groups is 1. The molecule has 0 spiro atoms. The van der Waals surface area contributed by atoms with E-state index in [0.717, 1.165) is 0 Å². The zero-order valence-corrected chi connectivity index (χ0v) is 9.08. The largest absolute Gasteiger partial charge is 0.449 e. The van der Waals surface area contributed by atoms with Gasteiger partial charge in [0, 0.05) is 0 Å². The van der Waals surface area contributed by atoms with E-state index in [1.165, 1.54) is 6.21 Å². The van der Waals surface area contributed by atoms with Gasteiger partial charge in [0.15, 0.2) is 4.67 Å². The fraction of sp³-hybridized carbons (Fsp3) is 0.250. The maximum absolute atomic E-state index is 10.8. The van der Waals surface area contributed by atoms with Crippen LogP contribution in [0.4, 0.5) is 4.79 Å². The van der Waals surface area contributed by atoms with Gasteiger partial charge in [0.25, 0.3) is 0 Å². The highest BCUT2D eigenvalue weighted by atomic mass is 79.9. The SMILES string of the molecule is CCOC(=O)N/N=C/c1ccc(Br)o1. The molecule has 0 atom stereocenters. The normalized spacial score (nSPS) is 10.4. The van der Waals surface area contributed by atoms with Gasteiger partial charge in [-0.05, 0) is 35.0 Å². The number of halogens is 1. The maximum Gasteiger partial charge on any atom is 0.427 e. The molecule has 1 aromatic rings. The molecule has 0 radical (unpaired) electrons. The van der Waals surface area contributed by atoms with Gasteiger partial charge in [0.05, 0.1) is 12.8 Å². The van der Waals surface area contributed by atoms with Crippen LogP contribution in [0.5, 0.6) is 0 Å². The van der Waals surface area contributed by atoms with E-state index in [1.807, 2.05) is 0 Å². The van der Waals surface area contributed by atoms with Gasteiger partial charge in [-0.15, -0.1) is 0 Å². The van der Waals surface area contributed by atoms with Crippen LogP contribution in [-0.2, 0) is 4.74 Å². The summed E-state index contributed by atoms with van der Waals surface area (Å²) in [4.78, 5) is 10.8. The first-order chi connectivity index (χ1) is 6.72. The Hall–Kier alpha value is -1.30. The molecular weight excluding hydrogens is 252 g/mol. The van der Waals surface area contributed by atoms with Crippen LogP contribution in [0.2, 0.25) is 0 Å². The lowest BCUT2D eigenvalue weighted by atomic mass is 10.5. The highest BCUT2D eigenvalue weighted by molar-refractivity contribution is 9.10. The van der Waals surface area contributed by atoms with E-state index in [4.69, 9.17) is 4.42 Å². The second-order valence-corrected chi connectivity index (χ2v) is 3.01. The summed E-state index contributed by atoms with van der Waals surface area (Å²) in [5, 5.41) is 3.61. The van der Waals surface area contributed by atoms with E-state index >= 15 is 0 Å². The Labute approximate surface area is 89.2 Å². The Morgan fingerprint density at radius 2 is 2.57 bits per heavy atom. The molecule has 0 aliphatic rings. The van der Waals surface area contributed by atoms with Crippen LogP contribution in [0, 0.1) is 0 Å². The van der Waals surface area contributed by atoms with E-state index in [0.29, 0.717) is 17.0 Å². The molecule has 76 valence electrons. The summed E-state index contributed by atoms with van der Waals surface area (Å²) in [6, 6.07) is 3.44. The summed E-state index contributed by atoms with van der Waals surface area (Å²) in [6.45, 7) is 2.03. The Morgan fingerprint density at radius 1 is 1.79 bits per heavy atom. The summed E-state index contributed by atoms with van der Waals surface area (Å²) in [5.41, 5.74) is 2.17. The fourth-order valence-electron chi connectivity index (χ4n) is 0.710. The topological polar surface area (TPSA) is 63.8 Å². The van der Waals surface area contributed by atoms with Crippen molar-refractivity contribution in [3.05, 3.63) is 22.6 Å². The minimum atomic E-state index is -0.589. The Bertz CT molecular complexity index is 335. The summed E-state index contributed by atoms with van der Waals surface area (Å²) in [6.07, 6.45) is 0.788. The van der Waals surface area contributed by atoms with E-state index < -0.39 is 6.09 Å². The molecule has 1 aromatic heterocycles. The van der Waals surface area contributed by atoms with E-state index in [1.54, 1.807) is 19.1 Å². The smallest absolute Gasteiger partial charge is 0.427 e. The molecule has 0 aromatic carbocycles. The molecule has 1 rings (SSSR count). The minimum Gasteiger partial charge on any atom is -0.449 e. The number of nitrogens with one attached hydrogen (secondary N) is 1. The number of hydrogen-bond donors (Lipinski definition) is 1. The molecule has 1 heterocycles. The molecule has 1 N–H and O–H groups in total. The lowest BCUT2D eigenvalue weighted by Gasteiger charge is -1.97. The highest BCUT2D eigenvalue weighted by Crippen LogP contribution is 2.11. The number of nitrogens with zero attached hydrogens (tertiary/aromatic N) is 1. The molecule has 1 amide bonds. The van der Waals surface area contributed by atoms with Gasteiger partial charge in [-0.1, -0.05) is 0 Å². The Morgan fingerprint density at radius 3 is 3.14 bits per heavy atom. The predicted octanol–water partition coefficient (Wildman–Crippen LogP) is 2.12. The number of amides is 1. The van der Waals surface area contributed by atoms with Crippen molar-refractivity contribution in [2.45, 2.75) is 6.92 Å². The number of ether oxygens (including phenoxy) is 1. The number of hydrogen-bond acceptors (Lipinski definition) is 4. The first-order valence-corrected chi connectivity index (χ1v) is 4.73.